The van der Waals surface area contributed by atoms with Crippen molar-refractivity contribution in [3.05, 3.63) is 28.8 Å². The van der Waals surface area contributed by atoms with E-state index in [1.54, 1.807) is 0 Å². The molecule has 1 aliphatic rings. The summed E-state index contributed by atoms with van der Waals surface area (Å²) in [7, 11) is 0. The van der Waals surface area contributed by atoms with Crippen LogP contribution in [0.2, 0.25) is 0 Å². The van der Waals surface area contributed by atoms with E-state index >= 15 is 0 Å². The third kappa shape index (κ3) is 3.11. The van der Waals surface area contributed by atoms with Crippen molar-refractivity contribution in [2.75, 3.05) is 31.2 Å². The van der Waals surface area contributed by atoms with E-state index in [0.29, 0.717) is 11.8 Å². The summed E-state index contributed by atoms with van der Waals surface area (Å²) >= 11 is 0. The van der Waals surface area contributed by atoms with Gasteiger partial charge in [0, 0.05) is 18.8 Å². The van der Waals surface area contributed by atoms with E-state index in [1.165, 1.54) is 22.4 Å². The maximum absolute atomic E-state index is 5.48. The van der Waals surface area contributed by atoms with Crippen molar-refractivity contribution >= 4 is 5.69 Å². The minimum Gasteiger partial charge on any atom is -0.378 e. The second kappa shape index (κ2) is 5.96. The number of ether oxygens (including phenoxy) is 1. The SMILES string of the molecule is Cc1cc(C(C)C)c(N2CCOCC2)cc1C(C)C. The molecule has 1 heterocycles. The van der Waals surface area contributed by atoms with Crippen molar-refractivity contribution in [1.82, 2.24) is 0 Å². The minimum atomic E-state index is 0.567. The second-order valence-electron chi connectivity index (χ2n) is 6.18. The Morgan fingerprint density at radius 3 is 2.05 bits per heavy atom. The monoisotopic (exact) mass is 261 g/mol. The first-order valence-electron chi connectivity index (χ1n) is 7.47. The molecule has 106 valence electrons. The molecule has 0 bridgehead atoms. The number of morpholine rings is 1. The van der Waals surface area contributed by atoms with Crippen LogP contribution < -0.4 is 4.90 Å². The van der Waals surface area contributed by atoms with Crippen LogP contribution in [-0.2, 0) is 4.74 Å². The fourth-order valence-electron chi connectivity index (χ4n) is 2.90. The summed E-state index contributed by atoms with van der Waals surface area (Å²) in [5.74, 6) is 1.15. The van der Waals surface area contributed by atoms with Gasteiger partial charge in [0.15, 0.2) is 0 Å². The standard InChI is InChI=1S/C17H27NO/c1-12(2)15-11-17(18-6-8-19-9-7-18)16(13(3)4)10-14(15)5/h10-13H,6-9H2,1-5H3. The van der Waals surface area contributed by atoms with Crippen LogP contribution in [0.5, 0.6) is 0 Å². The summed E-state index contributed by atoms with van der Waals surface area (Å²) in [6.45, 7) is 15.1. The average Bonchev–Trinajstić information content (AvgIpc) is 2.38. The molecular weight excluding hydrogens is 234 g/mol. The predicted octanol–water partition coefficient (Wildman–Crippen LogP) is 4.08. The summed E-state index contributed by atoms with van der Waals surface area (Å²) in [5.41, 5.74) is 5.80. The molecule has 1 fully saturated rings. The number of nitrogens with zero attached hydrogens (tertiary/aromatic N) is 1. The zero-order chi connectivity index (χ0) is 14.0. The van der Waals surface area contributed by atoms with Crippen LogP contribution in [0.4, 0.5) is 5.69 Å². The molecule has 0 N–H and O–H groups in total. The van der Waals surface area contributed by atoms with Crippen LogP contribution in [0.1, 0.15) is 56.2 Å². The second-order valence-corrected chi connectivity index (χ2v) is 6.18. The predicted molar refractivity (Wildman–Crippen MR) is 82.4 cm³/mol. The molecule has 0 spiro atoms. The number of benzene rings is 1. The molecule has 0 unspecified atom stereocenters. The Kier molecular flexibility index (Phi) is 4.51. The lowest BCUT2D eigenvalue weighted by Gasteiger charge is -2.32. The van der Waals surface area contributed by atoms with Crippen molar-refractivity contribution in [3.63, 3.8) is 0 Å². The van der Waals surface area contributed by atoms with Gasteiger partial charge in [-0.25, -0.2) is 0 Å². The Bertz CT molecular complexity index is 431. The van der Waals surface area contributed by atoms with Gasteiger partial charge in [0.05, 0.1) is 13.2 Å². The first kappa shape index (κ1) is 14.4. The molecule has 1 saturated heterocycles. The summed E-state index contributed by atoms with van der Waals surface area (Å²) in [4.78, 5) is 2.49. The van der Waals surface area contributed by atoms with Crippen molar-refractivity contribution in [1.29, 1.82) is 0 Å². The zero-order valence-corrected chi connectivity index (χ0v) is 13.0. The smallest absolute Gasteiger partial charge is 0.0642 e. The molecule has 19 heavy (non-hydrogen) atoms. The lowest BCUT2D eigenvalue weighted by Crippen LogP contribution is -2.37. The van der Waals surface area contributed by atoms with Crippen LogP contribution in [-0.4, -0.2) is 26.3 Å². The normalized spacial score (nSPS) is 16.5. The first-order valence-corrected chi connectivity index (χ1v) is 7.47. The Morgan fingerprint density at radius 2 is 1.53 bits per heavy atom. The van der Waals surface area contributed by atoms with Gasteiger partial charge >= 0.3 is 0 Å². The number of hydrogen-bond acceptors (Lipinski definition) is 2. The largest absolute Gasteiger partial charge is 0.378 e. The Hall–Kier alpha value is -1.02. The first-order chi connectivity index (χ1) is 9.00. The molecule has 0 saturated carbocycles. The van der Waals surface area contributed by atoms with Crippen molar-refractivity contribution in [3.8, 4) is 0 Å². The molecule has 1 aliphatic heterocycles. The maximum Gasteiger partial charge on any atom is 0.0642 e. The Morgan fingerprint density at radius 1 is 0.947 bits per heavy atom. The van der Waals surface area contributed by atoms with Crippen LogP contribution in [0.3, 0.4) is 0 Å². The minimum absolute atomic E-state index is 0.567. The van der Waals surface area contributed by atoms with E-state index in [-0.39, 0.29) is 0 Å². The number of rotatable bonds is 3. The molecule has 0 amide bonds. The van der Waals surface area contributed by atoms with E-state index in [9.17, 15) is 0 Å². The molecule has 1 aromatic rings. The van der Waals surface area contributed by atoms with Crippen LogP contribution in [0, 0.1) is 6.92 Å². The summed E-state index contributed by atoms with van der Waals surface area (Å²) < 4.78 is 5.48. The van der Waals surface area contributed by atoms with E-state index in [1.807, 2.05) is 0 Å². The maximum atomic E-state index is 5.48. The number of anilines is 1. The van der Waals surface area contributed by atoms with Gasteiger partial charge in [-0.1, -0.05) is 33.8 Å². The topological polar surface area (TPSA) is 12.5 Å². The lowest BCUT2D eigenvalue weighted by atomic mass is 9.90. The molecule has 1 aromatic carbocycles. The van der Waals surface area contributed by atoms with Gasteiger partial charge in [-0.05, 0) is 41.5 Å². The summed E-state index contributed by atoms with van der Waals surface area (Å²) in [6, 6.07) is 4.81. The van der Waals surface area contributed by atoms with Crippen LogP contribution in [0.15, 0.2) is 12.1 Å². The lowest BCUT2D eigenvalue weighted by molar-refractivity contribution is 0.122. The Labute approximate surface area is 117 Å². The molecular formula is C17H27NO. The highest BCUT2D eigenvalue weighted by Crippen LogP contribution is 2.33. The third-order valence-electron chi connectivity index (χ3n) is 4.01. The van der Waals surface area contributed by atoms with Gasteiger partial charge in [0.2, 0.25) is 0 Å². The van der Waals surface area contributed by atoms with Crippen LogP contribution in [0.25, 0.3) is 0 Å². The van der Waals surface area contributed by atoms with Crippen molar-refractivity contribution in [2.24, 2.45) is 0 Å². The van der Waals surface area contributed by atoms with Crippen molar-refractivity contribution < 1.29 is 4.74 Å². The van der Waals surface area contributed by atoms with Gasteiger partial charge in [0.25, 0.3) is 0 Å². The average molecular weight is 261 g/mol. The highest BCUT2D eigenvalue weighted by molar-refractivity contribution is 5.59. The van der Waals surface area contributed by atoms with E-state index in [0.717, 1.165) is 26.3 Å². The zero-order valence-electron chi connectivity index (χ0n) is 13.0. The van der Waals surface area contributed by atoms with Crippen molar-refractivity contribution in [2.45, 2.75) is 46.5 Å². The van der Waals surface area contributed by atoms with Gasteiger partial charge in [-0.15, -0.1) is 0 Å². The molecule has 2 nitrogen and oxygen atoms in total. The van der Waals surface area contributed by atoms with E-state index in [2.05, 4.69) is 51.7 Å². The Balaban J connectivity index is 2.45. The highest BCUT2D eigenvalue weighted by Gasteiger charge is 2.19. The summed E-state index contributed by atoms with van der Waals surface area (Å²) in [5, 5.41) is 0. The quantitative estimate of drug-likeness (QED) is 0.813. The van der Waals surface area contributed by atoms with E-state index < -0.39 is 0 Å². The van der Waals surface area contributed by atoms with Gasteiger partial charge in [-0.2, -0.15) is 0 Å². The highest BCUT2D eigenvalue weighted by atomic mass is 16.5. The fourth-order valence-corrected chi connectivity index (χ4v) is 2.90. The third-order valence-corrected chi connectivity index (χ3v) is 4.01. The molecule has 0 aromatic heterocycles. The molecule has 2 heteroatoms. The fraction of sp³-hybridized carbons (Fsp3) is 0.647. The summed E-state index contributed by atoms with van der Waals surface area (Å²) in [6.07, 6.45) is 0. The van der Waals surface area contributed by atoms with Gasteiger partial charge in [0.1, 0.15) is 0 Å². The van der Waals surface area contributed by atoms with Gasteiger partial charge < -0.3 is 9.64 Å². The molecule has 0 radical (unpaired) electrons. The molecule has 2 rings (SSSR count). The van der Waals surface area contributed by atoms with E-state index in [4.69, 9.17) is 4.74 Å². The molecule has 0 aliphatic carbocycles. The number of aryl methyl sites for hydroxylation is 1. The molecule has 0 atom stereocenters. The van der Waals surface area contributed by atoms with Gasteiger partial charge in [-0.3, -0.25) is 0 Å². The van der Waals surface area contributed by atoms with Crippen LogP contribution >= 0.6 is 0 Å². The number of hydrogen-bond donors (Lipinski definition) is 0.